The molecule has 0 unspecified atom stereocenters. The summed E-state index contributed by atoms with van der Waals surface area (Å²) in [4.78, 5) is 52.7. The van der Waals surface area contributed by atoms with Gasteiger partial charge in [0.1, 0.15) is 0 Å². The third-order valence-corrected chi connectivity index (χ3v) is 4.73. The van der Waals surface area contributed by atoms with Gasteiger partial charge in [-0.3, -0.25) is 38.8 Å². The smallest absolute Gasteiger partial charge is 0.320 e. The van der Waals surface area contributed by atoms with Crippen LogP contribution >= 0.6 is 0 Å². The van der Waals surface area contributed by atoms with Gasteiger partial charge < -0.3 is 20.1 Å². The standard InChI is InChI=1S/C19H34N4O8/c1-15(2)31-19(30)14-23-9-7-21(12-17(26)27)5-3-20(11-16(24)25)4-6-22(8-10-23)13-18(28)29/h15H,3-14H2,1-2H3,(H,24,25)(H,26,27)(H,28,29). The van der Waals surface area contributed by atoms with Gasteiger partial charge in [0.05, 0.1) is 32.3 Å². The normalized spacial score (nSPS) is 18.8. The third kappa shape index (κ3) is 12.9. The van der Waals surface area contributed by atoms with Crippen molar-refractivity contribution in [2.45, 2.75) is 20.0 Å². The zero-order valence-corrected chi connectivity index (χ0v) is 18.2. The molecular formula is C19H34N4O8. The Morgan fingerprint density at radius 2 is 0.871 bits per heavy atom. The molecule has 0 amide bonds. The minimum absolute atomic E-state index is 0.0190. The van der Waals surface area contributed by atoms with E-state index in [0.717, 1.165) is 0 Å². The first-order valence-electron chi connectivity index (χ1n) is 10.3. The first-order valence-corrected chi connectivity index (χ1v) is 10.3. The second-order valence-corrected chi connectivity index (χ2v) is 7.82. The molecule has 0 aromatic carbocycles. The Balaban J connectivity index is 2.93. The number of carboxylic acids is 3. The zero-order valence-electron chi connectivity index (χ0n) is 18.2. The van der Waals surface area contributed by atoms with Gasteiger partial charge in [0, 0.05) is 52.4 Å². The van der Waals surface area contributed by atoms with Crippen LogP contribution in [0.15, 0.2) is 0 Å². The van der Waals surface area contributed by atoms with Crippen molar-refractivity contribution in [2.75, 3.05) is 78.5 Å². The number of nitrogens with zero attached hydrogens (tertiary/aromatic N) is 4. The molecule has 0 aliphatic carbocycles. The lowest BCUT2D eigenvalue weighted by Gasteiger charge is -2.32. The Morgan fingerprint density at radius 3 is 1.10 bits per heavy atom. The molecule has 0 aromatic heterocycles. The average molecular weight is 447 g/mol. The number of aliphatic carboxylic acids is 3. The molecule has 1 fully saturated rings. The monoisotopic (exact) mass is 446 g/mol. The summed E-state index contributed by atoms with van der Waals surface area (Å²) in [7, 11) is 0. The molecule has 31 heavy (non-hydrogen) atoms. The van der Waals surface area contributed by atoms with E-state index in [9.17, 15) is 29.4 Å². The molecule has 12 heteroatoms. The quantitative estimate of drug-likeness (QED) is 0.350. The SMILES string of the molecule is CC(C)OC(=O)CN1CCN(CC(=O)O)CCN(CC(=O)O)CCN(CC(=O)O)CC1. The summed E-state index contributed by atoms with van der Waals surface area (Å²) in [6.07, 6.45) is -0.257. The van der Waals surface area contributed by atoms with E-state index in [1.165, 1.54) is 0 Å². The van der Waals surface area contributed by atoms with Crippen LogP contribution in [0.5, 0.6) is 0 Å². The predicted octanol–water partition coefficient (Wildman–Crippen LogP) is -1.59. The van der Waals surface area contributed by atoms with Gasteiger partial charge in [-0.25, -0.2) is 0 Å². The number of carbonyl (C=O) groups is 4. The zero-order chi connectivity index (χ0) is 23.4. The Labute approximate surface area is 181 Å². The van der Waals surface area contributed by atoms with Gasteiger partial charge in [-0.15, -0.1) is 0 Å². The summed E-state index contributed by atoms with van der Waals surface area (Å²) in [5.74, 6) is -3.38. The second-order valence-electron chi connectivity index (χ2n) is 7.82. The molecule has 178 valence electrons. The number of hydrogen-bond acceptors (Lipinski definition) is 9. The first kappa shape index (κ1) is 26.8. The van der Waals surface area contributed by atoms with Crippen LogP contribution in [-0.2, 0) is 23.9 Å². The molecule has 3 N–H and O–H groups in total. The number of carboxylic acid groups (broad SMARTS) is 3. The number of hydrogen-bond donors (Lipinski definition) is 3. The molecule has 1 aliphatic heterocycles. The molecule has 1 saturated heterocycles. The average Bonchev–Trinajstić information content (AvgIpc) is 2.62. The maximum Gasteiger partial charge on any atom is 0.320 e. The molecule has 1 heterocycles. The lowest BCUT2D eigenvalue weighted by Crippen LogP contribution is -2.49. The van der Waals surface area contributed by atoms with Crippen LogP contribution < -0.4 is 0 Å². The highest BCUT2D eigenvalue weighted by atomic mass is 16.5. The fourth-order valence-corrected chi connectivity index (χ4v) is 3.27. The molecule has 0 spiro atoms. The van der Waals surface area contributed by atoms with Crippen LogP contribution in [-0.4, -0.2) is 143 Å². The predicted molar refractivity (Wildman–Crippen MR) is 110 cm³/mol. The van der Waals surface area contributed by atoms with Gasteiger partial charge in [0.15, 0.2) is 0 Å². The van der Waals surface area contributed by atoms with Crippen molar-refractivity contribution < 1.29 is 39.2 Å². The van der Waals surface area contributed by atoms with Crippen LogP contribution in [0.4, 0.5) is 0 Å². The van der Waals surface area contributed by atoms with E-state index in [4.69, 9.17) is 9.84 Å². The lowest BCUT2D eigenvalue weighted by molar-refractivity contribution is -0.149. The van der Waals surface area contributed by atoms with Crippen molar-refractivity contribution in [2.24, 2.45) is 0 Å². The van der Waals surface area contributed by atoms with Crippen LogP contribution in [0, 0.1) is 0 Å². The van der Waals surface area contributed by atoms with Gasteiger partial charge >= 0.3 is 23.9 Å². The number of ether oxygens (including phenoxy) is 1. The van der Waals surface area contributed by atoms with Crippen molar-refractivity contribution >= 4 is 23.9 Å². The molecule has 12 nitrogen and oxygen atoms in total. The van der Waals surface area contributed by atoms with Crippen molar-refractivity contribution in [1.82, 2.24) is 19.6 Å². The summed E-state index contributed by atoms with van der Waals surface area (Å²) in [6.45, 7) is 5.74. The molecule has 0 atom stereocenters. The summed E-state index contributed by atoms with van der Waals surface area (Å²) in [5, 5.41) is 27.5. The molecule has 1 rings (SSSR count). The highest BCUT2D eigenvalue weighted by molar-refractivity contribution is 5.72. The second kappa shape index (κ2) is 13.9. The number of esters is 1. The minimum atomic E-state index is -1.00. The summed E-state index contributed by atoms with van der Waals surface area (Å²) >= 11 is 0. The topological polar surface area (TPSA) is 151 Å². The van der Waals surface area contributed by atoms with E-state index >= 15 is 0 Å². The molecule has 0 radical (unpaired) electrons. The molecule has 0 saturated carbocycles. The summed E-state index contributed by atoms with van der Waals surface area (Å²) in [6, 6.07) is 0. The van der Waals surface area contributed by atoms with E-state index in [2.05, 4.69) is 0 Å². The molecular weight excluding hydrogens is 412 g/mol. The lowest BCUT2D eigenvalue weighted by atomic mass is 10.3. The Kier molecular flexibility index (Phi) is 12.0. The van der Waals surface area contributed by atoms with Gasteiger partial charge in [-0.05, 0) is 13.8 Å². The van der Waals surface area contributed by atoms with Gasteiger partial charge in [0.2, 0.25) is 0 Å². The van der Waals surface area contributed by atoms with Crippen LogP contribution in [0.3, 0.4) is 0 Å². The van der Waals surface area contributed by atoms with Crippen molar-refractivity contribution in [3.05, 3.63) is 0 Å². The fraction of sp³-hybridized carbons (Fsp3) is 0.789. The fourth-order valence-electron chi connectivity index (χ4n) is 3.27. The van der Waals surface area contributed by atoms with Crippen LogP contribution in [0.25, 0.3) is 0 Å². The highest BCUT2D eigenvalue weighted by Gasteiger charge is 2.21. The van der Waals surface area contributed by atoms with Gasteiger partial charge in [-0.2, -0.15) is 0 Å². The summed E-state index contributed by atoms with van der Waals surface area (Å²) in [5.41, 5.74) is 0. The van der Waals surface area contributed by atoms with E-state index in [1.807, 2.05) is 4.90 Å². The number of rotatable bonds is 9. The minimum Gasteiger partial charge on any atom is -0.480 e. The van der Waals surface area contributed by atoms with Crippen molar-refractivity contribution in [3.8, 4) is 0 Å². The maximum absolute atomic E-state index is 12.1. The van der Waals surface area contributed by atoms with Crippen molar-refractivity contribution in [3.63, 3.8) is 0 Å². The third-order valence-electron chi connectivity index (χ3n) is 4.73. The first-order chi connectivity index (χ1) is 14.5. The van der Waals surface area contributed by atoms with E-state index < -0.39 is 23.9 Å². The molecule has 0 bridgehead atoms. The van der Waals surface area contributed by atoms with Gasteiger partial charge in [-0.1, -0.05) is 0 Å². The maximum atomic E-state index is 12.1. The highest BCUT2D eigenvalue weighted by Crippen LogP contribution is 2.02. The van der Waals surface area contributed by atoms with Crippen molar-refractivity contribution in [1.29, 1.82) is 0 Å². The summed E-state index contributed by atoms with van der Waals surface area (Å²) < 4.78 is 5.20. The Bertz CT molecular complexity index is 584. The van der Waals surface area contributed by atoms with E-state index in [0.29, 0.717) is 52.4 Å². The van der Waals surface area contributed by atoms with Crippen LogP contribution in [0.2, 0.25) is 0 Å². The van der Waals surface area contributed by atoms with Gasteiger partial charge in [0.25, 0.3) is 0 Å². The van der Waals surface area contributed by atoms with E-state index in [-0.39, 0.29) is 32.3 Å². The largest absolute Gasteiger partial charge is 0.480 e. The Hall–Kier alpha value is -2.28. The molecule has 0 aromatic rings. The Morgan fingerprint density at radius 1 is 0.613 bits per heavy atom. The molecule has 1 aliphatic rings. The number of carbonyl (C=O) groups excluding carboxylic acids is 1. The van der Waals surface area contributed by atoms with E-state index in [1.54, 1.807) is 28.5 Å². The van der Waals surface area contributed by atoms with Crippen LogP contribution in [0.1, 0.15) is 13.8 Å².